The summed E-state index contributed by atoms with van der Waals surface area (Å²) in [4.78, 5) is 0. The van der Waals surface area contributed by atoms with E-state index in [-0.39, 0.29) is 5.82 Å². The SMILES string of the molecule is CC(CNc1ccc(C#N)cc1F)C1CC1. The van der Waals surface area contributed by atoms with E-state index < -0.39 is 0 Å². The molecule has 1 unspecified atom stereocenters. The summed E-state index contributed by atoms with van der Waals surface area (Å²) in [6, 6.07) is 6.45. The van der Waals surface area contributed by atoms with Crippen LogP contribution < -0.4 is 5.32 Å². The van der Waals surface area contributed by atoms with E-state index >= 15 is 0 Å². The van der Waals surface area contributed by atoms with Crippen molar-refractivity contribution in [3.63, 3.8) is 0 Å². The van der Waals surface area contributed by atoms with Gasteiger partial charge in [-0.1, -0.05) is 6.92 Å². The van der Waals surface area contributed by atoms with E-state index in [1.54, 1.807) is 12.1 Å². The van der Waals surface area contributed by atoms with Gasteiger partial charge in [0, 0.05) is 6.54 Å². The second kappa shape index (κ2) is 4.52. The monoisotopic (exact) mass is 218 g/mol. The zero-order chi connectivity index (χ0) is 11.5. The fourth-order valence-corrected chi connectivity index (χ4v) is 1.83. The first-order valence-corrected chi connectivity index (χ1v) is 5.64. The molecule has 0 bridgehead atoms. The van der Waals surface area contributed by atoms with E-state index in [9.17, 15) is 4.39 Å². The van der Waals surface area contributed by atoms with E-state index in [1.165, 1.54) is 18.9 Å². The summed E-state index contributed by atoms with van der Waals surface area (Å²) in [6.45, 7) is 2.99. The molecule has 16 heavy (non-hydrogen) atoms. The van der Waals surface area contributed by atoms with E-state index in [4.69, 9.17) is 5.26 Å². The van der Waals surface area contributed by atoms with Gasteiger partial charge >= 0.3 is 0 Å². The average Bonchev–Trinajstić information content (AvgIpc) is 3.10. The lowest BCUT2D eigenvalue weighted by Crippen LogP contribution is -2.13. The molecule has 1 aromatic carbocycles. The Labute approximate surface area is 95.1 Å². The Hall–Kier alpha value is -1.56. The third-order valence-electron chi connectivity index (χ3n) is 3.14. The van der Waals surface area contributed by atoms with Crippen LogP contribution in [0, 0.1) is 29.0 Å². The molecule has 0 spiro atoms. The van der Waals surface area contributed by atoms with E-state index in [0.717, 1.165) is 12.5 Å². The van der Waals surface area contributed by atoms with Crippen LogP contribution in [-0.2, 0) is 0 Å². The van der Waals surface area contributed by atoms with Gasteiger partial charge in [0.1, 0.15) is 5.82 Å². The molecule has 0 aromatic heterocycles. The standard InChI is InChI=1S/C13H15FN2/c1-9(11-3-4-11)8-16-13-5-2-10(7-15)6-12(13)14/h2,5-6,9,11,16H,3-4,8H2,1H3. The molecule has 0 aliphatic heterocycles. The van der Waals surface area contributed by atoms with Crippen LogP contribution in [0.15, 0.2) is 18.2 Å². The fraction of sp³-hybridized carbons (Fsp3) is 0.462. The van der Waals surface area contributed by atoms with Crippen molar-refractivity contribution < 1.29 is 4.39 Å². The minimum absolute atomic E-state index is 0.345. The van der Waals surface area contributed by atoms with Gasteiger partial charge in [-0.2, -0.15) is 5.26 Å². The summed E-state index contributed by atoms with van der Waals surface area (Å²) in [7, 11) is 0. The molecule has 2 nitrogen and oxygen atoms in total. The molecule has 84 valence electrons. The number of nitrogens with zero attached hydrogens (tertiary/aromatic N) is 1. The molecule has 1 fully saturated rings. The van der Waals surface area contributed by atoms with Crippen LogP contribution in [-0.4, -0.2) is 6.54 Å². The summed E-state index contributed by atoms with van der Waals surface area (Å²) in [6.07, 6.45) is 2.61. The van der Waals surface area contributed by atoms with Crippen molar-refractivity contribution in [2.24, 2.45) is 11.8 Å². The number of nitriles is 1. The maximum absolute atomic E-state index is 13.5. The number of anilines is 1. The summed E-state index contributed by atoms with van der Waals surface area (Å²) in [5, 5.41) is 11.7. The molecule has 1 saturated carbocycles. The molecule has 0 radical (unpaired) electrons. The Morgan fingerprint density at radius 2 is 2.31 bits per heavy atom. The number of rotatable bonds is 4. The maximum Gasteiger partial charge on any atom is 0.147 e. The maximum atomic E-state index is 13.5. The fourth-order valence-electron chi connectivity index (χ4n) is 1.83. The first-order valence-electron chi connectivity index (χ1n) is 5.64. The van der Waals surface area contributed by atoms with E-state index in [0.29, 0.717) is 17.2 Å². The topological polar surface area (TPSA) is 35.8 Å². The highest BCUT2D eigenvalue weighted by Gasteiger charge is 2.27. The van der Waals surface area contributed by atoms with Crippen molar-refractivity contribution >= 4 is 5.69 Å². The minimum Gasteiger partial charge on any atom is -0.382 e. The van der Waals surface area contributed by atoms with Crippen molar-refractivity contribution in [3.05, 3.63) is 29.6 Å². The lowest BCUT2D eigenvalue weighted by Gasteiger charge is -2.13. The van der Waals surface area contributed by atoms with Gasteiger partial charge in [-0.3, -0.25) is 0 Å². The molecule has 1 aliphatic rings. The van der Waals surface area contributed by atoms with E-state index in [2.05, 4.69) is 12.2 Å². The van der Waals surface area contributed by atoms with Crippen LogP contribution in [0.25, 0.3) is 0 Å². The minimum atomic E-state index is -0.345. The predicted octanol–water partition coefficient (Wildman–Crippen LogP) is 3.16. The lowest BCUT2D eigenvalue weighted by atomic mass is 10.1. The third kappa shape index (κ3) is 2.52. The van der Waals surface area contributed by atoms with Gasteiger partial charge in [-0.15, -0.1) is 0 Å². The van der Waals surface area contributed by atoms with Crippen molar-refractivity contribution in [1.82, 2.24) is 0 Å². The second-order valence-corrected chi connectivity index (χ2v) is 4.50. The van der Waals surface area contributed by atoms with Gasteiger partial charge in [0.2, 0.25) is 0 Å². The van der Waals surface area contributed by atoms with Gasteiger partial charge in [-0.25, -0.2) is 4.39 Å². The van der Waals surface area contributed by atoms with E-state index in [1.807, 2.05) is 6.07 Å². The number of hydrogen-bond donors (Lipinski definition) is 1. The van der Waals surface area contributed by atoms with Gasteiger partial charge in [0.05, 0.1) is 17.3 Å². The molecular formula is C13H15FN2. The quantitative estimate of drug-likeness (QED) is 0.842. The first kappa shape index (κ1) is 10.9. The summed E-state index contributed by atoms with van der Waals surface area (Å²) in [5.74, 6) is 1.06. The van der Waals surface area contributed by atoms with Gasteiger partial charge in [-0.05, 0) is 42.9 Å². The molecule has 1 aliphatic carbocycles. The highest BCUT2D eigenvalue weighted by atomic mass is 19.1. The van der Waals surface area contributed by atoms with Crippen LogP contribution >= 0.6 is 0 Å². The van der Waals surface area contributed by atoms with Crippen LogP contribution in [0.1, 0.15) is 25.3 Å². The molecule has 1 atom stereocenters. The van der Waals surface area contributed by atoms with Crippen LogP contribution in [0.4, 0.5) is 10.1 Å². The van der Waals surface area contributed by atoms with Gasteiger partial charge in [0.15, 0.2) is 0 Å². The van der Waals surface area contributed by atoms with Crippen LogP contribution in [0.2, 0.25) is 0 Å². The largest absolute Gasteiger partial charge is 0.382 e. The highest BCUT2D eigenvalue weighted by Crippen LogP contribution is 2.36. The Kier molecular flexibility index (Phi) is 3.09. The molecule has 1 aromatic rings. The summed E-state index contributed by atoms with van der Waals surface area (Å²) < 4.78 is 13.5. The Balaban J connectivity index is 1.96. The number of benzene rings is 1. The smallest absolute Gasteiger partial charge is 0.147 e. The first-order chi connectivity index (χ1) is 7.70. The average molecular weight is 218 g/mol. The van der Waals surface area contributed by atoms with Crippen LogP contribution in [0.5, 0.6) is 0 Å². The molecule has 0 amide bonds. The molecule has 3 heteroatoms. The zero-order valence-corrected chi connectivity index (χ0v) is 9.33. The molecular weight excluding hydrogens is 203 g/mol. The Bertz CT molecular complexity index is 418. The Morgan fingerprint density at radius 1 is 1.56 bits per heavy atom. The second-order valence-electron chi connectivity index (χ2n) is 4.50. The lowest BCUT2D eigenvalue weighted by molar-refractivity contribution is 0.534. The molecule has 0 saturated heterocycles. The number of nitrogens with one attached hydrogen (secondary N) is 1. The number of halogens is 1. The normalized spacial score (nSPS) is 16.6. The van der Waals surface area contributed by atoms with Crippen molar-refractivity contribution in [2.75, 3.05) is 11.9 Å². The zero-order valence-electron chi connectivity index (χ0n) is 9.33. The Morgan fingerprint density at radius 3 is 2.88 bits per heavy atom. The van der Waals surface area contributed by atoms with Crippen LogP contribution in [0.3, 0.4) is 0 Å². The summed E-state index contributed by atoms with van der Waals surface area (Å²) >= 11 is 0. The highest BCUT2D eigenvalue weighted by molar-refractivity contribution is 5.48. The van der Waals surface area contributed by atoms with Crippen molar-refractivity contribution in [3.8, 4) is 6.07 Å². The molecule has 0 heterocycles. The molecule has 1 N–H and O–H groups in total. The van der Waals surface area contributed by atoms with Gasteiger partial charge < -0.3 is 5.32 Å². The van der Waals surface area contributed by atoms with Crippen molar-refractivity contribution in [2.45, 2.75) is 19.8 Å². The van der Waals surface area contributed by atoms with Crippen molar-refractivity contribution in [1.29, 1.82) is 5.26 Å². The summed E-state index contributed by atoms with van der Waals surface area (Å²) in [5.41, 5.74) is 0.852. The number of hydrogen-bond acceptors (Lipinski definition) is 2. The predicted molar refractivity (Wildman–Crippen MR) is 61.5 cm³/mol. The van der Waals surface area contributed by atoms with Gasteiger partial charge in [0.25, 0.3) is 0 Å². The third-order valence-corrected chi connectivity index (χ3v) is 3.14. The molecule has 2 rings (SSSR count).